The van der Waals surface area contributed by atoms with Gasteiger partial charge in [0.2, 0.25) is 0 Å². The lowest BCUT2D eigenvalue weighted by Gasteiger charge is -2.20. The first-order valence-electron chi connectivity index (χ1n) is 9.94. The Balaban J connectivity index is 1.86. The number of hydrogen-bond donors (Lipinski definition) is 3. The lowest BCUT2D eigenvalue weighted by atomic mass is 10.0. The fourth-order valence-corrected chi connectivity index (χ4v) is 2.95. The molecule has 0 aromatic heterocycles. The molecular formula is C24H25N3O5. The Bertz CT molecular complexity index is 1150. The summed E-state index contributed by atoms with van der Waals surface area (Å²) < 4.78 is 9.89. The van der Waals surface area contributed by atoms with Crippen LogP contribution >= 0.6 is 0 Å². The van der Waals surface area contributed by atoms with E-state index >= 15 is 0 Å². The fourth-order valence-electron chi connectivity index (χ4n) is 2.95. The Labute approximate surface area is 185 Å². The van der Waals surface area contributed by atoms with Crippen molar-refractivity contribution in [3.05, 3.63) is 66.2 Å². The molecule has 0 aliphatic heterocycles. The minimum Gasteiger partial charge on any atom is -0.453 e. The van der Waals surface area contributed by atoms with Gasteiger partial charge in [-0.05, 0) is 67.9 Å². The van der Waals surface area contributed by atoms with Crippen molar-refractivity contribution >= 4 is 45.9 Å². The smallest absolute Gasteiger partial charge is 0.412 e. The van der Waals surface area contributed by atoms with Crippen LogP contribution in [0.1, 0.15) is 31.1 Å². The molecule has 0 spiro atoms. The summed E-state index contributed by atoms with van der Waals surface area (Å²) in [6.45, 7) is 5.29. The average Bonchev–Trinajstić information content (AvgIpc) is 2.73. The predicted octanol–water partition coefficient (Wildman–Crippen LogP) is 5.62. The third-order valence-corrected chi connectivity index (χ3v) is 4.34. The maximum absolute atomic E-state index is 13.1. The third-order valence-electron chi connectivity index (χ3n) is 4.34. The molecule has 0 bridgehead atoms. The number of anilines is 3. The normalized spacial score (nSPS) is 10.9. The van der Waals surface area contributed by atoms with Crippen LogP contribution in [0.5, 0.6) is 0 Å². The monoisotopic (exact) mass is 435 g/mol. The SMILES string of the molecule is COC(=O)Nc1ccc(NC(=O)c2cc3ccccc3cc2NC(=O)OC(C)(C)C)cc1. The molecule has 0 saturated heterocycles. The Hall–Kier alpha value is -4.07. The van der Waals surface area contributed by atoms with Crippen molar-refractivity contribution in [2.45, 2.75) is 26.4 Å². The van der Waals surface area contributed by atoms with Gasteiger partial charge in [-0.25, -0.2) is 9.59 Å². The van der Waals surface area contributed by atoms with Gasteiger partial charge in [-0.15, -0.1) is 0 Å². The summed E-state index contributed by atoms with van der Waals surface area (Å²) in [6.07, 6.45) is -1.24. The van der Waals surface area contributed by atoms with Crippen molar-refractivity contribution in [3.63, 3.8) is 0 Å². The minimum absolute atomic E-state index is 0.284. The van der Waals surface area contributed by atoms with Crippen LogP contribution in [0, 0.1) is 0 Å². The molecule has 0 aliphatic carbocycles. The molecule has 166 valence electrons. The van der Waals surface area contributed by atoms with Gasteiger partial charge in [-0.2, -0.15) is 0 Å². The summed E-state index contributed by atoms with van der Waals surface area (Å²) in [4.78, 5) is 36.7. The van der Waals surface area contributed by atoms with Gasteiger partial charge in [0.1, 0.15) is 5.60 Å². The van der Waals surface area contributed by atoms with Gasteiger partial charge in [0, 0.05) is 11.4 Å². The fraction of sp³-hybridized carbons (Fsp3) is 0.208. The topological polar surface area (TPSA) is 106 Å². The molecule has 8 heteroatoms. The lowest BCUT2D eigenvalue weighted by Crippen LogP contribution is -2.28. The summed E-state index contributed by atoms with van der Waals surface area (Å²) in [5, 5.41) is 9.74. The molecule has 0 saturated carbocycles. The Morgan fingerprint density at radius 1 is 0.750 bits per heavy atom. The van der Waals surface area contributed by atoms with Crippen LogP contribution in [0.2, 0.25) is 0 Å². The van der Waals surface area contributed by atoms with Crippen molar-refractivity contribution in [2.75, 3.05) is 23.1 Å². The van der Waals surface area contributed by atoms with E-state index in [0.717, 1.165) is 10.8 Å². The highest BCUT2D eigenvalue weighted by Gasteiger charge is 2.20. The van der Waals surface area contributed by atoms with Crippen molar-refractivity contribution in [1.29, 1.82) is 0 Å². The number of carbonyl (C=O) groups excluding carboxylic acids is 3. The number of carbonyl (C=O) groups is 3. The van der Waals surface area contributed by atoms with Gasteiger partial charge in [0.15, 0.2) is 0 Å². The average molecular weight is 435 g/mol. The van der Waals surface area contributed by atoms with E-state index in [0.29, 0.717) is 17.1 Å². The number of benzene rings is 3. The van der Waals surface area contributed by atoms with Crippen LogP contribution in [-0.2, 0) is 9.47 Å². The highest BCUT2D eigenvalue weighted by Crippen LogP contribution is 2.26. The third kappa shape index (κ3) is 5.98. The summed E-state index contributed by atoms with van der Waals surface area (Å²) >= 11 is 0. The van der Waals surface area contributed by atoms with Gasteiger partial charge in [-0.3, -0.25) is 15.4 Å². The Kier molecular flexibility index (Phi) is 6.63. The Morgan fingerprint density at radius 2 is 1.31 bits per heavy atom. The van der Waals surface area contributed by atoms with E-state index in [1.807, 2.05) is 24.3 Å². The van der Waals surface area contributed by atoms with E-state index in [9.17, 15) is 14.4 Å². The molecule has 3 N–H and O–H groups in total. The van der Waals surface area contributed by atoms with E-state index in [1.165, 1.54) is 7.11 Å². The van der Waals surface area contributed by atoms with Gasteiger partial charge in [0.05, 0.1) is 18.4 Å². The van der Waals surface area contributed by atoms with E-state index in [1.54, 1.807) is 57.2 Å². The van der Waals surface area contributed by atoms with Crippen LogP contribution in [0.15, 0.2) is 60.7 Å². The lowest BCUT2D eigenvalue weighted by molar-refractivity contribution is 0.0636. The maximum atomic E-state index is 13.1. The predicted molar refractivity (Wildman–Crippen MR) is 124 cm³/mol. The molecule has 0 unspecified atom stereocenters. The zero-order chi connectivity index (χ0) is 23.3. The van der Waals surface area contributed by atoms with E-state index < -0.39 is 23.7 Å². The molecule has 3 rings (SSSR count). The molecule has 8 nitrogen and oxygen atoms in total. The van der Waals surface area contributed by atoms with Gasteiger partial charge < -0.3 is 14.8 Å². The molecular weight excluding hydrogens is 410 g/mol. The number of nitrogens with one attached hydrogen (secondary N) is 3. The van der Waals surface area contributed by atoms with E-state index in [4.69, 9.17) is 4.74 Å². The van der Waals surface area contributed by atoms with Crippen LogP contribution in [-0.4, -0.2) is 30.8 Å². The molecule has 0 fully saturated rings. The highest BCUT2D eigenvalue weighted by molar-refractivity contribution is 6.12. The van der Waals surface area contributed by atoms with Gasteiger partial charge >= 0.3 is 12.2 Å². The van der Waals surface area contributed by atoms with Crippen molar-refractivity contribution < 1.29 is 23.9 Å². The van der Waals surface area contributed by atoms with Crippen LogP contribution in [0.25, 0.3) is 10.8 Å². The van der Waals surface area contributed by atoms with Crippen molar-refractivity contribution in [1.82, 2.24) is 0 Å². The summed E-state index contributed by atoms with van der Waals surface area (Å²) in [5.74, 6) is -0.407. The number of fused-ring (bicyclic) bond motifs is 1. The minimum atomic E-state index is -0.677. The number of amides is 3. The first-order valence-corrected chi connectivity index (χ1v) is 9.94. The first kappa shape index (κ1) is 22.6. The largest absolute Gasteiger partial charge is 0.453 e. The van der Waals surface area contributed by atoms with Gasteiger partial charge in [0.25, 0.3) is 5.91 Å². The molecule has 0 heterocycles. The molecule has 3 amide bonds. The second-order valence-corrected chi connectivity index (χ2v) is 8.02. The van der Waals surface area contributed by atoms with Crippen molar-refractivity contribution in [2.24, 2.45) is 0 Å². The van der Waals surface area contributed by atoms with E-state index in [2.05, 4.69) is 20.7 Å². The molecule has 0 atom stereocenters. The first-order chi connectivity index (χ1) is 15.1. The standard InChI is InChI=1S/C24H25N3O5/c1-24(2,3)32-23(30)27-20-14-16-8-6-5-7-15(16)13-19(20)21(28)25-17-9-11-18(12-10-17)26-22(29)31-4/h5-14H,1-4H3,(H,25,28)(H,26,29)(H,27,30). The molecule has 0 radical (unpaired) electrons. The van der Waals surface area contributed by atoms with Gasteiger partial charge in [-0.1, -0.05) is 24.3 Å². The maximum Gasteiger partial charge on any atom is 0.412 e. The molecule has 3 aromatic carbocycles. The second kappa shape index (κ2) is 9.38. The zero-order valence-electron chi connectivity index (χ0n) is 18.3. The second-order valence-electron chi connectivity index (χ2n) is 8.02. The van der Waals surface area contributed by atoms with Crippen LogP contribution in [0.3, 0.4) is 0 Å². The molecule has 32 heavy (non-hydrogen) atoms. The molecule has 3 aromatic rings. The van der Waals surface area contributed by atoms with E-state index in [-0.39, 0.29) is 5.56 Å². The quantitative estimate of drug-likeness (QED) is 0.493. The highest BCUT2D eigenvalue weighted by atomic mass is 16.6. The number of hydrogen-bond acceptors (Lipinski definition) is 5. The van der Waals surface area contributed by atoms with Crippen LogP contribution in [0.4, 0.5) is 26.7 Å². The number of ether oxygens (including phenoxy) is 2. The number of methoxy groups -OCH3 is 1. The summed E-state index contributed by atoms with van der Waals surface area (Å²) in [7, 11) is 1.27. The summed E-state index contributed by atoms with van der Waals surface area (Å²) in [6, 6.07) is 17.5. The van der Waals surface area contributed by atoms with Crippen LogP contribution < -0.4 is 16.0 Å². The van der Waals surface area contributed by atoms with Crippen molar-refractivity contribution in [3.8, 4) is 0 Å². The summed E-state index contributed by atoms with van der Waals surface area (Å²) in [5.41, 5.74) is 0.976. The zero-order valence-corrected chi connectivity index (χ0v) is 18.3. The Morgan fingerprint density at radius 3 is 1.88 bits per heavy atom. The number of rotatable bonds is 4. The molecule has 0 aliphatic rings.